The van der Waals surface area contributed by atoms with Gasteiger partial charge in [0.1, 0.15) is 5.78 Å². The van der Waals surface area contributed by atoms with Crippen LogP contribution in [-0.2, 0) is 14.6 Å². The second-order valence-electron chi connectivity index (χ2n) is 2.40. The van der Waals surface area contributed by atoms with Crippen LogP contribution in [-0.4, -0.2) is 30.2 Å². The summed E-state index contributed by atoms with van der Waals surface area (Å²) in [7, 11) is -7.92. The molecule has 0 spiro atoms. The summed E-state index contributed by atoms with van der Waals surface area (Å²) in [6.45, 7) is 1.49. The van der Waals surface area contributed by atoms with Gasteiger partial charge in [0.2, 0.25) is 10.0 Å². The van der Waals surface area contributed by atoms with Crippen molar-refractivity contribution in [1.29, 1.82) is 0 Å². The van der Waals surface area contributed by atoms with Crippen molar-refractivity contribution < 1.29 is 22.8 Å². The monoisotopic (exact) mass is 217 g/mol. The number of sulfonamides is 1. The highest BCUT2D eigenvalue weighted by Crippen LogP contribution is 2.41. The zero-order valence-corrected chi connectivity index (χ0v) is 8.47. The molecule has 8 heteroatoms. The van der Waals surface area contributed by atoms with E-state index in [1.54, 1.807) is 0 Å². The quantitative estimate of drug-likeness (QED) is 0.548. The van der Waals surface area contributed by atoms with Crippen molar-refractivity contribution in [3.63, 3.8) is 0 Å². The van der Waals surface area contributed by atoms with Crippen LogP contribution < -0.4 is 4.72 Å². The van der Waals surface area contributed by atoms with E-state index in [-0.39, 0.29) is 6.42 Å². The molecule has 0 bridgehead atoms. The normalized spacial score (nSPS) is 16.0. The van der Waals surface area contributed by atoms with E-state index in [0.717, 1.165) is 6.26 Å². The molecule has 0 saturated carbocycles. The van der Waals surface area contributed by atoms with Gasteiger partial charge in [-0.25, -0.2) is 13.1 Å². The van der Waals surface area contributed by atoms with Gasteiger partial charge >= 0.3 is 7.60 Å². The van der Waals surface area contributed by atoms with Gasteiger partial charge in [0.05, 0.1) is 6.26 Å². The van der Waals surface area contributed by atoms with Crippen LogP contribution in [0.2, 0.25) is 0 Å². The van der Waals surface area contributed by atoms with Crippen LogP contribution in [0.3, 0.4) is 0 Å². The van der Waals surface area contributed by atoms with E-state index in [4.69, 9.17) is 9.79 Å². The minimum Gasteiger partial charge on any atom is -0.323 e. The van der Waals surface area contributed by atoms with Crippen LogP contribution in [0.1, 0.15) is 13.3 Å². The lowest BCUT2D eigenvalue weighted by molar-refractivity contribution is 0.352. The molecule has 0 amide bonds. The van der Waals surface area contributed by atoms with Crippen LogP contribution in [0.5, 0.6) is 0 Å². The molecule has 0 heterocycles. The van der Waals surface area contributed by atoms with Crippen molar-refractivity contribution in [2.24, 2.45) is 0 Å². The number of rotatable bonds is 4. The molecule has 74 valence electrons. The average Bonchev–Trinajstić information content (AvgIpc) is 1.78. The van der Waals surface area contributed by atoms with Gasteiger partial charge in [0.15, 0.2) is 0 Å². The lowest BCUT2D eigenvalue weighted by atomic mass is 10.5. The van der Waals surface area contributed by atoms with Gasteiger partial charge in [-0.1, -0.05) is 6.92 Å². The summed E-state index contributed by atoms with van der Waals surface area (Å²) in [5.74, 6) is -1.31. The van der Waals surface area contributed by atoms with Crippen molar-refractivity contribution >= 4 is 17.6 Å². The summed E-state index contributed by atoms with van der Waals surface area (Å²) in [4.78, 5) is 17.2. The zero-order valence-electron chi connectivity index (χ0n) is 6.76. The highest BCUT2D eigenvalue weighted by Gasteiger charge is 2.29. The summed E-state index contributed by atoms with van der Waals surface area (Å²) >= 11 is 0. The molecule has 0 aliphatic rings. The molecule has 0 saturated heterocycles. The van der Waals surface area contributed by atoms with Crippen LogP contribution in [0.15, 0.2) is 0 Å². The van der Waals surface area contributed by atoms with Gasteiger partial charge in [-0.2, -0.15) is 0 Å². The van der Waals surface area contributed by atoms with Crippen LogP contribution >= 0.6 is 7.60 Å². The maximum absolute atomic E-state index is 10.6. The van der Waals surface area contributed by atoms with E-state index in [1.165, 1.54) is 6.92 Å². The Balaban J connectivity index is 4.52. The predicted octanol–water partition coefficient (Wildman–Crippen LogP) is -0.551. The van der Waals surface area contributed by atoms with E-state index in [9.17, 15) is 13.0 Å². The molecule has 0 aromatic rings. The van der Waals surface area contributed by atoms with Crippen molar-refractivity contribution in [3.05, 3.63) is 0 Å². The lowest BCUT2D eigenvalue weighted by Crippen LogP contribution is -2.33. The smallest absolute Gasteiger partial charge is 0.323 e. The van der Waals surface area contributed by atoms with Crippen molar-refractivity contribution in [2.45, 2.75) is 19.1 Å². The average molecular weight is 217 g/mol. The predicted molar refractivity (Wildman–Crippen MR) is 44.1 cm³/mol. The Labute approximate surface area is 71.2 Å². The van der Waals surface area contributed by atoms with Gasteiger partial charge in [0.25, 0.3) is 0 Å². The molecule has 1 unspecified atom stereocenters. The molecule has 0 aromatic heterocycles. The molecular weight excluding hydrogens is 205 g/mol. The highest BCUT2D eigenvalue weighted by molar-refractivity contribution is 7.89. The second-order valence-corrected chi connectivity index (χ2v) is 5.98. The minimum absolute atomic E-state index is 0.0529. The SMILES string of the molecule is CCC(NS(C)(=O)=O)P(=O)(O)O. The summed E-state index contributed by atoms with van der Waals surface area (Å²) in [6.07, 6.45) is 0.905. The lowest BCUT2D eigenvalue weighted by Gasteiger charge is -2.16. The molecule has 0 fully saturated rings. The van der Waals surface area contributed by atoms with Gasteiger partial charge in [-0.05, 0) is 6.42 Å². The largest absolute Gasteiger partial charge is 0.343 e. The zero-order chi connectivity index (χ0) is 9.99. The fraction of sp³-hybridized carbons (Fsp3) is 1.00. The number of hydrogen-bond donors (Lipinski definition) is 3. The third-order valence-electron chi connectivity index (χ3n) is 1.14. The summed E-state index contributed by atoms with van der Waals surface area (Å²) < 4.78 is 33.6. The Bertz CT molecular complexity index is 280. The Morgan fingerprint density at radius 3 is 2.00 bits per heavy atom. The van der Waals surface area contributed by atoms with Gasteiger partial charge in [-0.15, -0.1) is 0 Å². The van der Waals surface area contributed by atoms with Crippen molar-refractivity contribution in [3.8, 4) is 0 Å². The molecule has 0 rings (SSSR count). The first-order valence-electron chi connectivity index (χ1n) is 3.19. The maximum atomic E-state index is 10.6. The molecule has 0 aromatic carbocycles. The summed E-state index contributed by atoms with van der Waals surface area (Å²) in [6, 6.07) is 0. The fourth-order valence-electron chi connectivity index (χ4n) is 0.637. The van der Waals surface area contributed by atoms with Crippen LogP contribution in [0.25, 0.3) is 0 Å². The maximum Gasteiger partial charge on any atom is 0.343 e. The Kier molecular flexibility index (Phi) is 3.87. The molecule has 0 aliphatic heterocycles. The molecule has 0 aliphatic carbocycles. The first kappa shape index (κ1) is 12.1. The van der Waals surface area contributed by atoms with Crippen LogP contribution in [0.4, 0.5) is 0 Å². The third-order valence-corrected chi connectivity index (χ3v) is 3.34. The fourth-order valence-corrected chi connectivity index (χ4v) is 2.90. The first-order chi connectivity index (χ1) is 5.17. The molecule has 12 heavy (non-hydrogen) atoms. The van der Waals surface area contributed by atoms with E-state index < -0.39 is 23.4 Å². The molecular formula is C4H12NO5PS. The first-order valence-corrected chi connectivity index (χ1v) is 6.76. The van der Waals surface area contributed by atoms with Gasteiger partial charge < -0.3 is 9.79 Å². The minimum atomic E-state index is -4.36. The Morgan fingerprint density at radius 1 is 1.50 bits per heavy atom. The summed E-state index contributed by atoms with van der Waals surface area (Å²) in [5, 5.41) is 0. The van der Waals surface area contributed by atoms with E-state index in [1.807, 2.05) is 4.72 Å². The van der Waals surface area contributed by atoms with E-state index in [0.29, 0.717) is 0 Å². The standard InChI is InChI=1S/C4H12NO5PS/c1-3-4(11(6,7)8)5-12(2,9)10/h4-5H,3H2,1-2H3,(H2,6,7,8). The van der Waals surface area contributed by atoms with E-state index in [2.05, 4.69) is 0 Å². The Hall–Kier alpha value is 0.0600. The molecule has 3 N–H and O–H groups in total. The van der Waals surface area contributed by atoms with Crippen LogP contribution in [0, 0.1) is 0 Å². The molecule has 6 nitrogen and oxygen atoms in total. The van der Waals surface area contributed by atoms with Crippen molar-refractivity contribution in [2.75, 3.05) is 6.26 Å². The van der Waals surface area contributed by atoms with Gasteiger partial charge in [0, 0.05) is 0 Å². The Morgan fingerprint density at radius 2 is 1.92 bits per heavy atom. The number of nitrogens with one attached hydrogen (secondary N) is 1. The molecule has 1 atom stereocenters. The second kappa shape index (κ2) is 3.85. The van der Waals surface area contributed by atoms with Crippen molar-refractivity contribution in [1.82, 2.24) is 4.72 Å². The molecule has 0 radical (unpaired) electrons. The van der Waals surface area contributed by atoms with E-state index >= 15 is 0 Å². The summed E-state index contributed by atoms with van der Waals surface area (Å²) in [5.41, 5.74) is 0. The third kappa shape index (κ3) is 4.84. The number of hydrogen-bond acceptors (Lipinski definition) is 3. The highest BCUT2D eigenvalue weighted by atomic mass is 32.2. The van der Waals surface area contributed by atoms with Gasteiger partial charge in [-0.3, -0.25) is 4.57 Å². The topological polar surface area (TPSA) is 104 Å².